The number of nitrogens with zero attached hydrogens (tertiary/aromatic N) is 4. The minimum absolute atomic E-state index is 0.0198. The van der Waals surface area contributed by atoms with Gasteiger partial charge in [0, 0.05) is 48.5 Å². The number of benzene rings is 2. The molecule has 0 bridgehead atoms. The predicted octanol–water partition coefficient (Wildman–Crippen LogP) is 4.97. The molecule has 0 radical (unpaired) electrons. The SMILES string of the molecule is COCCNc1ccc(NC(=O)c2ccc(C)c(-n3cc(-c4cccnc4)nn3)c2)cc1C(F)(F)F. The van der Waals surface area contributed by atoms with Crippen LogP contribution in [0.1, 0.15) is 21.5 Å². The molecule has 2 aromatic carbocycles. The first-order valence-corrected chi connectivity index (χ1v) is 11.0. The maximum Gasteiger partial charge on any atom is 0.418 e. The van der Waals surface area contributed by atoms with Gasteiger partial charge in [-0.1, -0.05) is 11.3 Å². The number of amides is 1. The molecular formula is C25H23F3N6O2. The minimum Gasteiger partial charge on any atom is -0.383 e. The van der Waals surface area contributed by atoms with Crippen LogP contribution in [0.5, 0.6) is 0 Å². The number of rotatable bonds is 8. The van der Waals surface area contributed by atoms with E-state index in [2.05, 4.69) is 25.9 Å². The molecule has 0 aliphatic rings. The number of aryl methyl sites for hydroxylation is 1. The molecule has 2 aromatic heterocycles. The molecule has 8 nitrogen and oxygen atoms in total. The third-order valence-electron chi connectivity index (χ3n) is 5.37. The van der Waals surface area contributed by atoms with Gasteiger partial charge in [0.2, 0.25) is 0 Å². The summed E-state index contributed by atoms with van der Waals surface area (Å²) in [6, 6.07) is 12.2. The Morgan fingerprint density at radius 2 is 1.97 bits per heavy atom. The van der Waals surface area contributed by atoms with Gasteiger partial charge in [-0.3, -0.25) is 9.78 Å². The van der Waals surface area contributed by atoms with Gasteiger partial charge < -0.3 is 15.4 Å². The van der Waals surface area contributed by atoms with Crippen LogP contribution >= 0.6 is 0 Å². The second-order valence-corrected chi connectivity index (χ2v) is 7.92. The predicted molar refractivity (Wildman–Crippen MR) is 129 cm³/mol. The second kappa shape index (κ2) is 10.6. The van der Waals surface area contributed by atoms with Gasteiger partial charge in [-0.05, 0) is 55.0 Å². The van der Waals surface area contributed by atoms with Crippen LogP contribution in [0, 0.1) is 6.92 Å². The van der Waals surface area contributed by atoms with E-state index >= 15 is 0 Å². The van der Waals surface area contributed by atoms with Crippen LogP contribution in [0.4, 0.5) is 24.5 Å². The highest BCUT2D eigenvalue weighted by Crippen LogP contribution is 2.36. The van der Waals surface area contributed by atoms with E-state index in [1.54, 1.807) is 42.9 Å². The average Bonchev–Trinajstić information content (AvgIpc) is 3.35. The number of carbonyl (C=O) groups is 1. The quantitative estimate of drug-likeness (QED) is 0.335. The van der Waals surface area contributed by atoms with Gasteiger partial charge in [0.1, 0.15) is 5.69 Å². The molecule has 1 amide bonds. The number of nitrogens with one attached hydrogen (secondary N) is 2. The molecular weight excluding hydrogens is 473 g/mol. The molecule has 186 valence electrons. The lowest BCUT2D eigenvalue weighted by molar-refractivity contribution is -0.136. The van der Waals surface area contributed by atoms with Gasteiger partial charge in [-0.25, -0.2) is 4.68 Å². The number of pyridine rings is 1. The maximum absolute atomic E-state index is 13.6. The highest BCUT2D eigenvalue weighted by molar-refractivity contribution is 6.04. The van der Waals surface area contributed by atoms with Crippen LogP contribution in [0.15, 0.2) is 67.1 Å². The highest BCUT2D eigenvalue weighted by Gasteiger charge is 2.34. The topological polar surface area (TPSA) is 94.0 Å². The summed E-state index contributed by atoms with van der Waals surface area (Å²) >= 11 is 0. The molecule has 11 heteroatoms. The standard InChI is InChI=1S/C25H23F3N6O2/c1-16-5-6-17(12-23(16)34-15-22(32-33-34)18-4-3-9-29-14-18)24(35)31-19-7-8-21(30-10-11-36-2)20(13-19)25(26,27)28/h3-9,12-15,30H,10-11H2,1-2H3,(H,31,35). The van der Waals surface area contributed by atoms with Gasteiger partial charge in [0.15, 0.2) is 0 Å². The van der Waals surface area contributed by atoms with Gasteiger partial charge >= 0.3 is 6.18 Å². The molecule has 0 fully saturated rings. The third-order valence-corrected chi connectivity index (χ3v) is 5.37. The molecule has 2 N–H and O–H groups in total. The van der Waals surface area contributed by atoms with Crippen molar-refractivity contribution in [1.82, 2.24) is 20.0 Å². The summed E-state index contributed by atoms with van der Waals surface area (Å²) in [5, 5.41) is 13.6. The summed E-state index contributed by atoms with van der Waals surface area (Å²) in [5.74, 6) is -0.558. The molecule has 0 saturated carbocycles. The zero-order chi connectivity index (χ0) is 25.7. The van der Waals surface area contributed by atoms with Crippen LogP contribution in [0.3, 0.4) is 0 Å². The summed E-state index contributed by atoms with van der Waals surface area (Å²) in [6.45, 7) is 2.32. The largest absolute Gasteiger partial charge is 0.418 e. The second-order valence-electron chi connectivity index (χ2n) is 7.92. The Morgan fingerprint density at radius 1 is 1.14 bits per heavy atom. The molecule has 36 heavy (non-hydrogen) atoms. The van der Waals surface area contributed by atoms with E-state index < -0.39 is 17.6 Å². The molecule has 0 saturated heterocycles. The molecule has 0 aliphatic carbocycles. The van der Waals surface area contributed by atoms with Gasteiger partial charge in [-0.15, -0.1) is 5.10 Å². The Balaban J connectivity index is 1.57. The smallest absolute Gasteiger partial charge is 0.383 e. The van der Waals surface area contributed by atoms with E-state index in [1.165, 1.54) is 23.9 Å². The summed E-state index contributed by atoms with van der Waals surface area (Å²) in [4.78, 5) is 17.0. The Hall–Kier alpha value is -4.25. The van der Waals surface area contributed by atoms with Crippen LogP contribution in [-0.4, -0.2) is 46.1 Å². The first kappa shape index (κ1) is 24.9. The maximum atomic E-state index is 13.6. The number of hydrogen-bond acceptors (Lipinski definition) is 6. The van der Waals surface area contributed by atoms with E-state index in [-0.39, 0.29) is 30.1 Å². The normalized spacial score (nSPS) is 11.4. The molecule has 0 atom stereocenters. The van der Waals surface area contributed by atoms with E-state index in [1.807, 2.05) is 13.0 Å². The first-order chi connectivity index (χ1) is 17.3. The highest BCUT2D eigenvalue weighted by atomic mass is 19.4. The monoisotopic (exact) mass is 496 g/mol. The Bertz CT molecular complexity index is 1360. The summed E-state index contributed by atoms with van der Waals surface area (Å²) in [7, 11) is 1.46. The number of halogens is 3. The lowest BCUT2D eigenvalue weighted by Crippen LogP contribution is -2.16. The third kappa shape index (κ3) is 5.69. The van der Waals surface area contributed by atoms with Gasteiger partial charge in [0.05, 0.1) is 24.1 Å². The van der Waals surface area contributed by atoms with Crippen molar-refractivity contribution in [2.45, 2.75) is 13.1 Å². The molecule has 4 rings (SSSR count). The summed E-state index contributed by atoms with van der Waals surface area (Å²) in [5.41, 5.74) is 2.14. The van der Waals surface area contributed by atoms with Crippen LogP contribution in [-0.2, 0) is 10.9 Å². The number of methoxy groups -OCH3 is 1. The molecule has 2 heterocycles. The zero-order valence-electron chi connectivity index (χ0n) is 19.5. The van der Waals surface area contributed by atoms with Crippen molar-refractivity contribution in [3.8, 4) is 16.9 Å². The number of alkyl halides is 3. The van der Waals surface area contributed by atoms with Crippen molar-refractivity contribution in [2.75, 3.05) is 30.9 Å². The lowest BCUT2D eigenvalue weighted by atomic mass is 10.1. The lowest BCUT2D eigenvalue weighted by Gasteiger charge is -2.16. The zero-order valence-corrected chi connectivity index (χ0v) is 19.5. The number of ether oxygens (including phenoxy) is 1. The van der Waals surface area contributed by atoms with Crippen molar-refractivity contribution < 1.29 is 22.7 Å². The first-order valence-electron chi connectivity index (χ1n) is 11.0. The van der Waals surface area contributed by atoms with Crippen molar-refractivity contribution >= 4 is 17.3 Å². The summed E-state index contributed by atoms with van der Waals surface area (Å²) < 4.78 is 47.2. The molecule has 0 aliphatic heterocycles. The van der Waals surface area contributed by atoms with E-state index in [0.717, 1.165) is 17.2 Å². The van der Waals surface area contributed by atoms with Crippen LogP contribution in [0.2, 0.25) is 0 Å². The van der Waals surface area contributed by atoms with Gasteiger partial charge in [-0.2, -0.15) is 13.2 Å². The average molecular weight is 496 g/mol. The van der Waals surface area contributed by atoms with E-state index in [4.69, 9.17) is 4.74 Å². The van der Waals surface area contributed by atoms with E-state index in [0.29, 0.717) is 11.4 Å². The fourth-order valence-corrected chi connectivity index (χ4v) is 3.53. The van der Waals surface area contributed by atoms with Crippen molar-refractivity contribution in [3.05, 3.63) is 83.8 Å². The summed E-state index contributed by atoms with van der Waals surface area (Å²) in [6.07, 6.45) is 0.431. The fraction of sp³-hybridized carbons (Fsp3) is 0.200. The number of aromatic nitrogens is 4. The molecule has 0 spiro atoms. The number of carbonyl (C=O) groups excluding carboxylic acids is 1. The Kier molecular flexibility index (Phi) is 7.30. The number of hydrogen-bond donors (Lipinski definition) is 2. The van der Waals surface area contributed by atoms with E-state index in [9.17, 15) is 18.0 Å². The van der Waals surface area contributed by atoms with Gasteiger partial charge in [0.25, 0.3) is 5.91 Å². The molecule has 0 unspecified atom stereocenters. The van der Waals surface area contributed by atoms with Crippen LogP contribution < -0.4 is 10.6 Å². The van der Waals surface area contributed by atoms with Crippen molar-refractivity contribution in [2.24, 2.45) is 0 Å². The minimum atomic E-state index is -4.60. The van der Waals surface area contributed by atoms with Crippen molar-refractivity contribution in [1.29, 1.82) is 0 Å². The fourth-order valence-electron chi connectivity index (χ4n) is 3.53. The Labute approximate surface area is 205 Å². The molecule has 4 aromatic rings. The Morgan fingerprint density at radius 3 is 2.69 bits per heavy atom. The number of anilines is 2. The van der Waals surface area contributed by atoms with Crippen molar-refractivity contribution in [3.63, 3.8) is 0 Å². The van der Waals surface area contributed by atoms with Crippen LogP contribution in [0.25, 0.3) is 16.9 Å².